The van der Waals surface area contributed by atoms with Crippen molar-refractivity contribution in [3.8, 4) is 0 Å². The molecule has 104 valence electrons. The van der Waals surface area contributed by atoms with Crippen LogP contribution >= 0.6 is 0 Å². The second kappa shape index (κ2) is 5.97. The third-order valence-electron chi connectivity index (χ3n) is 3.51. The zero-order chi connectivity index (χ0) is 13.1. The molecule has 0 aromatic heterocycles. The molecule has 0 spiro atoms. The van der Waals surface area contributed by atoms with E-state index in [-0.39, 0.29) is 30.2 Å². The highest BCUT2D eigenvalue weighted by atomic mass is 16.5. The fraction of sp³-hybridized carbons (Fsp3) is 0.917. The summed E-state index contributed by atoms with van der Waals surface area (Å²) < 4.78 is 5.84. The standard InChI is InChI=1S/C12H24N4O2/c1-8(2)18-10-4-5-16(9(3)6-10)12(17)11-7-13-15-14-11/h8-11,13-15H,4-7H2,1-3H3/t9-,10-,11?/m0/s1. The molecule has 0 radical (unpaired) electrons. The maximum atomic E-state index is 12.3. The summed E-state index contributed by atoms with van der Waals surface area (Å²) in [6.45, 7) is 7.64. The lowest BCUT2D eigenvalue weighted by Crippen LogP contribution is -2.53. The lowest BCUT2D eigenvalue weighted by Gasteiger charge is -2.39. The molecule has 0 aromatic rings. The Balaban J connectivity index is 1.86. The minimum Gasteiger partial charge on any atom is -0.375 e. The van der Waals surface area contributed by atoms with E-state index in [9.17, 15) is 4.79 Å². The van der Waals surface area contributed by atoms with Crippen LogP contribution in [0.3, 0.4) is 0 Å². The van der Waals surface area contributed by atoms with Gasteiger partial charge in [-0.3, -0.25) is 4.79 Å². The first-order chi connectivity index (χ1) is 8.58. The second-order valence-corrected chi connectivity index (χ2v) is 5.41. The first kappa shape index (κ1) is 13.7. The first-order valence-electron chi connectivity index (χ1n) is 6.77. The largest absolute Gasteiger partial charge is 0.375 e. The highest BCUT2D eigenvalue weighted by Gasteiger charge is 2.34. The van der Waals surface area contributed by atoms with E-state index in [1.807, 2.05) is 4.90 Å². The molecule has 6 nitrogen and oxygen atoms in total. The molecule has 3 N–H and O–H groups in total. The van der Waals surface area contributed by atoms with Gasteiger partial charge in [-0.05, 0) is 33.6 Å². The predicted molar refractivity (Wildman–Crippen MR) is 68.5 cm³/mol. The molecule has 6 heteroatoms. The van der Waals surface area contributed by atoms with Crippen molar-refractivity contribution in [2.45, 2.75) is 57.9 Å². The van der Waals surface area contributed by atoms with Crippen LogP contribution in [0.4, 0.5) is 0 Å². The summed E-state index contributed by atoms with van der Waals surface area (Å²) in [5.41, 5.74) is 8.61. The number of amides is 1. The number of hydrogen-bond acceptors (Lipinski definition) is 5. The Morgan fingerprint density at radius 1 is 1.44 bits per heavy atom. The van der Waals surface area contributed by atoms with Gasteiger partial charge < -0.3 is 9.64 Å². The number of ether oxygens (including phenoxy) is 1. The Hall–Kier alpha value is -0.690. The Morgan fingerprint density at radius 2 is 2.22 bits per heavy atom. The minimum atomic E-state index is -0.157. The fourth-order valence-corrected chi connectivity index (χ4v) is 2.66. The zero-order valence-electron chi connectivity index (χ0n) is 11.4. The summed E-state index contributed by atoms with van der Waals surface area (Å²) in [7, 11) is 0. The zero-order valence-corrected chi connectivity index (χ0v) is 11.4. The number of nitrogens with zero attached hydrogens (tertiary/aromatic N) is 1. The van der Waals surface area contributed by atoms with E-state index in [0.29, 0.717) is 6.54 Å². The molecule has 2 aliphatic rings. The SMILES string of the molecule is CC(C)O[C@H]1CCN(C(=O)C2CNNN2)[C@@H](C)C1. The third kappa shape index (κ3) is 3.20. The molecule has 0 saturated carbocycles. The summed E-state index contributed by atoms with van der Waals surface area (Å²) >= 11 is 0. The maximum absolute atomic E-state index is 12.3. The van der Waals surface area contributed by atoms with Crippen molar-refractivity contribution in [3.05, 3.63) is 0 Å². The number of carbonyl (C=O) groups is 1. The highest BCUT2D eigenvalue weighted by Crippen LogP contribution is 2.21. The van der Waals surface area contributed by atoms with Crippen LogP contribution in [0, 0.1) is 0 Å². The summed E-state index contributed by atoms with van der Waals surface area (Å²) in [6, 6.07) is 0.0902. The van der Waals surface area contributed by atoms with Gasteiger partial charge in [0.15, 0.2) is 0 Å². The fourth-order valence-electron chi connectivity index (χ4n) is 2.66. The Morgan fingerprint density at radius 3 is 2.78 bits per heavy atom. The van der Waals surface area contributed by atoms with Gasteiger partial charge in [0.2, 0.25) is 5.91 Å². The van der Waals surface area contributed by atoms with Crippen LogP contribution in [0.1, 0.15) is 33.6 Å². The van der Waals surface area contributed by atoms with Crippen LogP contribution < -0.4 is 16.4 Å². The van der Waals surface area contributed by atoms with Crippen molar-refractivity contribution in [3.63, 3.8) is 0 Å². The summed E-state index contributed by atoms with van der Waals surface area (Å²) in [4.78, 5) is 14.2. The number of carbonyl (C=O) groups excluding carboxylic acids is 1. The van der Waals surface area contributed by atoms with Crippen LogP contribution in [0.5, 0.6) is 0 Å². The van der Waals surface area contributed by atoms with Crippen LogP contribution in [0.15, 0.2) is 0 Å². The number of hydrogen-bond donors (Lipinski definition) is 3. The van der Waals surface area contributed by atoms with Crippen molar-refractivity contribution in [1.82, 2.24) is 21.3 Å². The second-order valence-electron chi connectivity index (χ2n) is 5.41. The van der Waals surface area contributed by atoms with E-state index < -0.39 is 0 Å². The summed E-state index contributed by atoms with van der Waals surface area (Å²) in [6.07, 6.45) is 2.41. The molecular weight excluding hydrogens is 232 g/mol. The number of hydrazine groups is 2. The molecule has 2 rings (SSSR count). The van der Waals surface area contributed by atoms with Crippen molar-refractivity contribution in [2.24, 2.45) is 0 Å². The van der Waals surface area contributed by atoms with Gasteiger partial charge in [0.25, 0.3) is 0 Å². The molecule has 3 atom stereocenters. The minimum absolute atomic E-state index is 0.157. The van der Waals surface area contributed by atoms with Crippen molar-refractivity contribution < 1.29 is 9.53 Å². The van der Waals surface area contributed by atoms with Gasteiger partial charge in [-0.2, -0.15) is 5.53 Å². The van der Waals surface area contributed by atoms with E-state index in [0.717, 1.165) is 19.4 Å². The predicted octanol–water partition coefficient (Wildman–Crippen LogP) is -0.228. The molecule has 0 aliphatic carbocycles. The topological polar surface area (TPSA) is 65.6 Å². The van der Waals surface area contributed by atoms with Gasteiger partial charge in [-0.15, -0.1) is 0 Å². The Labute approximate surface area is 108 Å². The third-order valence-corrected chi connectivity index (χ3v) is 3.51. The molecule has 0 bridgehead atoms. The molecule has 2 fully saturated rings. The van der Waals surface area contributed by atoms with E-state index >= 15 is 0 Å². The summed E-state index contributed by atoms with van der Waals surface area (Å²) in [5.74, 6) is 0.169. The Kier molecular flexibility index (Phi) is 4.55. The molecule has 18 heavy (non-hydrogen) atoms. The van der Waals surface area contributed by atoms with E-state index in [4.69, 9.17) is 4.74 Å². The normalized spacial score (nSPS) is 33.1. The number of nitrogens with one attached hydrogen (secondary N) is 3. The van der Waals surface area contributed by atoms with Crippen LogP contribution in [0.25, 0.3) is 0 Å². The molecule has 2 saturated heterocycles. The maximum Gasteiger partial charge on any atom is 0.242 e. The smallest absolute Gasteiger partial charge is 0.242 e. The number of likely N-dealkylation sites (tertiary alicyclic amines) is 1. The highest BCUT2D eigenvalue weighted by molar-refractivity contribution is 5.82. The van der Waals surface area contributed by atoms with Gasteiger partial charge in [0, 0.05) is 19.1 Å². The first-order valence-corrected chi connectivity index (χ1v) is 6.77. The molecular formula is C12H24N4O2. The van der Waals surface area contributed by atoms with Gasteiger partial charge in [-0.1, -0.05) is 0 Å². The van der Waals surface area contributed by atoms with Crippen molar-refractivity contribution in [1.29, 1.82) is 0 Å². The monoisotopic (exact) mass is 256 g/mol. The lowest BCUT2D eigenvalue weighted by atomic mass is 9.99. The quantitative estimate of drug-likeness (QED) is 0.651. The average Bonchev–Trinajstić information content (AvgIpc) is 2.80. The number of rotatable bonds is 3. The van der Waals surface area contributed by atoms with Gasteiger partial charge >= 0.3 is 0 Å². The Bertz CT molecular complexity index is 292. The number of piperidine rings is 1. The molecule has 0 aromatic carbocycles. The molecule has 1 amide bonds. The van der Waals surface area contributed by atoms with E-state index in [1.54, 1.807) is 0 Å². The van der Waals surface area contributed by atoms with Crippen LogP contribution in [-0.4, -0.2) is 48.2 Å². The van der Waals surface area contributed by atoms with Gasteiger partial charge in [0.1, 0.15) is 6.04 Å². The van der Waals surface area contributed by atoms with E-state index in [2.05, 4.69) is 37.2 Å². The van der Waals surface area contributed by atoms with Gasteiger partial charge in [-0.25, -0.2) is 10.9 Å². The average molecular weight is 256 g/mol. The van der Waals surface area contributed by atoms with E-state index in [1.165, 1.54) is 0 Å². The van der Waals surface area contributed by atoms with Gasteiger partial charge in [0.05, 0.1) is 12.2 Å². The van der Waals surface area contributed by atoms with Crippen LogP contribution in [0.2, 0.25) is 0 Å². The molecule has 2 heterocycles. The molecule has 1 unspecified atom stereocenters. The van der Waals surface area contributed by atoms with Crippen molar-refractivity contribution >= 4 is 5.91 Å². The lowest BCUT2D eigenvalue weighted by molar-refractivity contribution is -0.139. The van der Waals surface area contributed by atoms with Crippen molar-refractivity contribution in [2.75, 3.05) is 13.1 Å². The van der Waals surface area contributed by atoms with Crippen LogP contribution in [-0.2, 0) is 9.53 Å². The molecule has 2 aliphatic heterocycles. The summed E-state index contributed by atoms with van der Waals surface area (Å²) in [5, 5.41) is 0.